The van der Waals surface area contributed by atoms with E-state index in [0.717, 1.165) is 56.2 Å². The van der Waals surface area contributed by atoms with Gasteiger partial charge in [-0.3, -0.25) is 4.79 Å². The molecule has 30 heavy (non-hydrogen) atoms. The van der Waals surface area contributed by atoms with Gasteiger partial charge in [0.1, 0.15) is 0 Å². The monoisotopic (exact) mass is 399 g/mol. The fourth-order valence-corrected chi connectivity index (χ4v) is 7.00. The zero-order chi connectivity index (χ0) is 20.6. The SMILES string of the molecule is C=C1CCC2=CC3=CC[C@]4(C)C(C(=O)Nc5ccccc5)=CC[C@H]4[C@@]34CC[C@]2(C1)O4. The van der Waals surface area contributed by atoms with E-state index in [1.165, 1.54) is 16.7 Å². The number of ether oxygens (including phenoxy) is 1. The molecule has 1 saturated heterocycles. The van der Waals surface area contributed by atoms with Crippen LogP contribution in [0.4, 0.5) is 5.69 Å². The Balaban J connectivity index is 1.35. The van der Waals surface area contributed by atoms with Crippen LogP contribution < -0.4 is 5.32 Å². The average molecular weight is 400 g/mol. The molecule has 6 rings (SSSR count). The Labute approximate surface area is 178 Å². The van der Waals surface area contributed by atoms with E-state index in [1.807, 2.05) is 30.3 Å². The van der Waals surface area contributed by atoms with E-state index in [2.05, 4.69) is 37.0 Å². The van der Waals surface area contributed by atoms with Gasteiger partial charge in [-0.05, 0) is 61.8 Å². The molecule has 0 aromatic heterocycles. The first-order valence-corrected chi connectivity index (χ1v) is 11.3. The van der Waals surface area contributed by atoms with Crippen LogP contribution in [0.25, 0.3) is 0 Å². The van der Waals surface area contributed by atoms with Gasteiger partial charge in [0.05, 0.1) is 11.2 Å². The molecule has 5 aliphatic rings. The molecular formula is C27H29NO2. The standard InChI is InChI=1S/C27H29NO2/c1-18-8-9-19-16-20-12-13-25(2)22(24(29)28-21-6-4-3-5-7-21)10-11-23(25)27(20)15-14-26(19,17-18)30-27/h3-7,10,12,16,23H,1,8-9,11,13-15,17H2,2H3,(H,28,29)/t23-,25-,26-,27-/m1/s1. The highest BCUT2D eigenvalue weighted by molar-refractivity contribution is 6.05. The summed E-state index contributed by atoms with van der Waals surface area (Å²) in [7, 11) is 0. The zero-order valence-corrected chi connectivity index (χ0v) is 17.7. The van der Waals surface area contributed by atoms with Gasteiger partial charge in [0.2, 0.25) is 0 Å². The quantitative estimate of drug-likeness (QED) is 0.631. The first kappa shape index (κ1) is 18.4. The van der Waals surface area contributed by atoms with Gasteiger partial charge in [0.15, 0.2) is 0 Å². The minimum Gasteiger partial charge on any atom is -0.359 e. The van der Waals surface area contributed by atoms with Gasteiger partial charge in [-0.25, -0.2) is 0 Å². The molecule has 2 bridgehead atoms. The minimum absolute atomic E-state index is 0.0326. The molecule has 2 aliphatic heterocycles. The Kier molecular flexibility index (Phi) is 3.72. The predicted molar refractivity (Wildman–Crippen MR) is 119 cm³/mol. The van der Waals surface area contributed by atoms with Crippen LogP contribution in [0.5, 0.6) is 0 Å². The molecule has 1 aromatic rings. The summed E-state index contributed by atoms with van der Waals surface area (Å²) < 4.78 is 7.11. The van der Waals surface area contributed by atoms with E-state index < -0.39 is 0 Å². The van der Waals surface area contributed by atoms with Gasteiger partial charge < -0.3 is 10.1 Å². The van der Waals surface area contributed by atoms with Crippen LogP contribution in [-0.2, 0) is 9.53 Å². The van der Waals surface area contributed by atoms with E-state index >= 15 is 0 Å². The number of hydrogen-bond donors (Lipinski definition) is 1. The molecule has 3 nitrogen and oxygen atoms in total. The lowest BCUT2D eigenvalue weighted by Gasteiger charge is -2.53. The number of rotatable bonds is 2. The van der Waals surface area contributed by atoms with Crippen LogP contribution in [0.3, 0.4) is 0 Å². The smallest absolute Gasteiger partial charge is 0.251 e. The van der Waals surface area contributed by atoms with Crippen LogP contribution in [0, 0.1) is 11.3 Å². The number of hydrogen-bond acceptors (Lipinski definition) is 2. The van der Waals surface area contributed by atoms with Crippen molar-refractivity contribution in [1.82, 2.24) is 0 Å². The van der Waals surface area contributed by atoms with Crippen molar-refractivity contribution < 1.29 is 9.53 Å². The molecule has 2 fully saturated rings. The van der Waals surface area contributed by atoms with E-state index in [-0.39, 0.29) is 22.5 Å². The summed E-state index contributed by atoms with van der Waals surface area (Å²) in [5.74, 6) is 0.346. The highest BCUT2D eigenvalue weighted by Crippen LogP contribution is 2.66. The summed E-state index contributed by atoms with van der Waals surface area (Å²) in [5.41, 5.74) is 5.37. The molecular weight excluding hydrogens is 370 g/mol. The molecule has 0 radical (unpaired) electrons. The molecule has 4 atom stereocenters. The van der Waals surface area contributed by atoms with E-state index in [4.69, 9.17) is 4.74 Å². The van der Waals surface area contributed by atoms with Crippen molar-refractivity contribution in [2.45, 2.75) is 63.1 Å². The number of amides is 1. The number of fused-ring (bicyclic) bond motifs is 1. The molecule has 2 spiro atoms. The highest BCUT2D eigenvalue weighted by Gasteiger charge is 2.65. The molecule has 1 N–H and O–H groups in total. The van der Waals surface area contributed by atoms with Crippen LogP contribution >= 0.6 is 0 Å². The number of carbonyl (C=O) groups is 1. The second kappa shape index (κ2) is 6.07. The minimum atomic E-state index is -0.251. The Morgan fingerprint density at radius 1 is 1.17 bits per heavy atom. The second-order valence-electron chi connectivity index (χ2n) is 10.1. The van der Waals surface area contributed by atoms with Crippen molar-refractivity contribution in [3.8, 4) is 0 Å². The average Bonchev–Trinajstić information content (AvgIpc) is 3.24. The van der Waals surface area contributed by atoms with E-state index in [1.54, 1.807) is 0 Å². The third-order valence-corrected chi connectivity index (χ3v) is 8.49. The normalized spacial score (nSPS) is 38.6. The fourth-order valence-electron chi connectivity index (χ4n) is 7.00. The Hall–Kier alpha value is -2.39. The van der Waals surface area contributed by atoms with Gasteiger partial charge in [-0.2, -0.15) is 0 Å². The maximum Gasteiger partial charge on any atom is 0.251 e. The third-order valence-electron chi connectivity index (χ3n) is 8.49. The largest absolute Gasteiger partial charge is 0.359 e. The Morgan fingerprint density at radius 2 is 2.00 bits per heavy atom. The predicted octanol–water partition coefficient (Wildman–Crippen LogP) is 5.88. The van der Waals surface area contributed by atoms with Crippen LogP contribution in [0.2, 0.25) is 0 Å². The maximum absolute atomic E-state index is 13.2. The summed E-state index contributed by atoms with van der Waals surface area (Å²) in [5, 5.41) is 3.11. The molecule has 3 aliphatic carbocycles. The van der Waals surface area contributed by atoms with Crippen LogP contribution in [-0.4, -0.2) is 17.1 Å². The summed E-state index contributed by atoms with van der Waals surface area (Å²) in [6.07, 6.45) is 14.1. The lowest BCUT2D eigenvalue weighted by atomic mass is 9.59. The summed E-state index contributed by atoms with van der Waals surface area (Å²) in [4.78, 5) is 13.2. The van der Waals surface area contributed by atoms with Crippen molar-refractivity contribution >= 4 is 11.6 Å². The van der Waals surface area contributed by atoms with Gasteiger partial charge in [-0.1, -0.05) is 55.5 Å². The molecule has 1 aromatic carbocycles. The van der Waals surface area contributed by atoms with Crippen LogP contribution in [0.1, 0.15) is 51.9 Å². The summed E-state index contributed by atoms with van der Waals surface area (Å²) in [6.45, 7) is 6.56. The topological polar surface area (TPSA) is 38.3 Å². The number of carbonyl (C=O) groups excluding carboxylic acids is 1. The van der Waals surface area contributed by atoms with Gasteiger partial charge in [0.25, 0.3) is 5.91 Å². The molecule has 1 saturated carbocycles. The third kappa shape index (κ3) is 2.33. The van der Waals surface area contributed by atoms with Crippen LogP contribution in [0.15, 0.2) is 77.4 Å². The van der Waals surface area contributed by atoms with Crippen molar-refractivity contribution in [3.63, 3.8) is 0 Å². The highest BCUT2D eigenvalue weighted by atomic mass is 16.5. The molecule has 154 valence electrons. The van der Waals surface area contributed by atoms with Gasteiger partial charge in [-0.15, -0.1) is 0 Å². The number of allylic oxidation sites excluding steroid dienone is 2. The number of benzene rings is 1. The van der Waals surface area contributed by atoms with Crippen molar-refractivity contribution in [1.29, 1.82) is 0 Å². The Bertz CT molecular complexity index is 1050. The van der Waals surface area contributed by atoms with Crippen molar-refractivity contribution in [2.75, 3.05) is 5.32 Å². The zero-order valence-electron chi connectivity index (χ0n) is 17.7. The first-order chi connectivity index (χ1) is 14.5. The number of nitrogens with one attached hydrogen (secondary N) is 1. The molecule has 1 amide bonds. The number of anilines is 1. The molecule has 3 heteroatoms. The first-order valence-electron chi connectivity index (χ1n) is 11.3. The fraction of sp³-hybridized carbons (Fsp3) is 0.444. The lowest BCUT2D eigenvalue weighted by molar-refractivity contribution is -0.128. The number of para-hydroxylation sites is 1. The van der Waals surface area contributed by atoms with Gasteiger partial charge >= 0.3 is 0 Å². The maximum atomic E-state index is 13.2. The van der Waals surface area contributed by atoms with E-state index in [0.29, 0.717) is 5.92 Å². The van der Waals surface area contributed by atoms with E-state index in [9.17, 15) is 4.79 Å². The van der Waals surface area contributed by atoms with Gasteiger partial charge in [0, 0.05) is 29.0 Å². The molecule has 2 heterocycles. The van der Waals surface area contributed by atoms with Crippen molar-refractivity contribution in [3.05, 3.63) is 77.4 Å². The lowest BCUT2D eigenvalue weighted by Crippen LogP contribution is -2.53. The summed E-state index contributed by atoms with van der Waals surface area (Å²) in [6, 6.07) is 9.75. The summed E-state index contributed by atoms with van der Waals surface area (Å²) >= 11 is 0. The van der Waals surface area contributed by atoms with Crippen molar-refractivity contribution in [2.24, 2.45) is 11.3 Å². The molecule has 0 unspecified atom stereocenters. The second-order valence-corrected chi connectivity index (χ2v) is 10.1. The Morgan fingerprint density at radius 3 is 2.83 bits per heavy atom.